The normalized spacial score (nSPS) is 10.8. The van der Waals surface area contributed by atoms with Crippen LogP contribution in [0.2, 0.25) is 0 Å². The predicted octanol–water partition coefficient (Wildman–Crippen LogP) is 6.93. The smallest absolute Gasteiger partial charge is 0.338 e. The van der Waals surface area contributed by atoms with E-state index >= 15 is 0 Å². The van der Waals surface area contributed by atoms with E-state index in [9.17, 15) is 24.6 Å². The first-order valence-corrected chi connectivity index (χ1v) is 16.2. The monoisotopic (exact) mass is 654 g/mol. The van der Waals surface area contributed by atoms with Gasteiger partial charge in [-0.05, 0) is 77.9 Å². The summed E-state index contributed by atoms with van der Waals surface area (Å²) >= 11 is 0. The lowest BCUT2D eigenvalue weighted by atomic mass is 9.92. The number of rotatable bonds is 16. The van der Waals surface area contributed by atoms with Crippen LogP contribution in [0.1, 0.15) is 78.4 Å². The van der Waals surface area contributed by atoms with Gasteiger partial charge < -0.3 is 29.5 Å². The average molecular weight is 655 g/mol. The Labute approximate surface area is 280 Å². The lowest BCUT2D eigenvalue weighted by molar-refractivity contribution is 0.0687. The van der Waals surface area contributed by atoms with Crippen molar-refractivity contribution < 1.29 is 34.1 Å². The van der Waals surface area contributed by atoms with E-state index in [0.29, 0.717) is 35.8 Å². The third-order valence-corrected chi connectivity index (χ3v) is 8.13. The average Bonchev–Trinajstić information content (AvgIpc) is 3.09. The highest BCUT2D eigenvalue weighted by atomic mass is 16.5. The Balaban J connectivity index is 1.92. The van der Waals surface area contributed by atoms with E-state index in [1.54, 1.807) is 12.1 Å². The van der Waals surface area contributed by atoms with Gasteiger partial charge in [-0.1, -0.05) is 0 Å². The third-order valence-electron chi connectivity index (χ3n) is 8.13. The first-order valence-electron chi connectivity index (χ1n) is 16.2. The molecule has 0 radical (unpaired) electrons. The summed E-state index contributed by atoms with van der Waals surface area (Å²) in [4.78, 5) is 52.5. The standard InChI is InChI=1S/C37H42N4O7/c1-7-40(8-2)23-13-15-25(29(21-23)47-11-5)27-17-19-38-33(31(27)36(43)44)35(42)34-32(37(45)46)28(18-20-39-34)26-16-14-24(41(9-3)10-4)22-30(26)48-12-6/h13-22H,7-12H2,1-6H3,(H,43,44)(H,45,46). The third kappa shape index (κ3) is 7.10. The number of carboxylic acid groups (broad SMARTS) is 2. The maximum absolute atomic E-state index is 14.2. The molecule has 0 spiro atoms. The van der Waals surface area contributed by atoms with Gasteiger partial charge in [-0.15, -0.1) is 0 Å². The summed E-state index contributed by atoms with van der Waals surface area (Å²) in [6.45, 7) is 15.5. The highest BCUT2D eigenvalue weighted by molar-refractivity contribution is 6.18. The van der Waals surface area contributed by atoms with E-state index in [-0.39, 0.29) is 22.3 Å². The molecular weight excluding hydrogens is 612 g/mol. The SMILES string of the molecule is CCOc1cc(N(CC)CC)ccc1-c1ccnc(C(=O)c2nccc(-c3ccc(N(CC)CC)cc3OCC)c2C(=O)O)c1C(=O)O. The fourth-order valence-corrected chi connectivity index (χ4v) is 5.85. The van der Waals surface area contributed by atoms with Crippen molar-refractivity contribution in [3.05, 3.63) is 83.4 Å². The van der Waals surface area contributed by atoms with Crippen molar-refractivity contribution in [2.75, 3.05) is 49.2 Å². The molecule has 2 aromatic carbocycles. The quantitative estimate of drug-likeness (QED) is 0.121. The molecule has 2 N–H and O–H groups in total. The van der Waals surface area contributed by atoms with Gasteiger partial charge in [0.2, 0.25) is 5.78 Å². The Morgan fingerprint density at radius 3 is 1.27 bits per heavy atom. The van der Waals surface area contributed by atoms with Gasteiger partial charge >= 0.3 is 11.9 Å². The van der Waals surface area contributed by atoms with E-state index in [2.05, 4.69) is 19.8 Å². The first kappa shape index (κ1) is 35.4. The van der Waals surface area contributed by atoms with E-state index in [4.69, 9.17) is 9.47 Å². The van der Waals surface area contributed by atoms with Gasteiger partial charge in [0.15, 0.2) is 0 Å². The van der Waals surface area contributed by atoms with Gasteiger partial charge in [-0.2, -0.15) is 0 Å². The van der Waals surface area contributed by atoms with E-state index in [1.165, 1.54) is 24.5 Å². The Morgan fingerprint density at radius 2 is 0.958 bits per heavy atom. The highest BCUT2D eigenvalue weighted by Gasteiger charge is 2.31. The summed E-state index contributed by atoms with van der Waals surface area (Å²) < 4.78 is 11.9. The van der Waals surface area contributed by atoms with Crippen molar-refractivity contribution in [3.63, 3.8) is 0 Å². The van der Waals surface area contributed by atoms with Crippen molar-refractivity contribution in [2.45, 2.75) is 41.5 Å². The van der Waals surface area contributed by atoms with Crippen molar-refractivity contribution in [2.24, 2.45) is 0 Å². The van der Waals surface area contributed by atoms with Crippen molar-refractivity contribution in [3.8, 4) is 33.8 Å². The number of carboxylic acids is 2. The Kier molecular flexibility index (Phi) is 11.7. The van der Waals surface area contributed by atoms with Crippen LogP contribution in [-0.2, 0) is 0 Å². The van der Waals surface area contributed by atoms with Gasteiger partial charge in [0.25, 0.3) is 0 Å². The number of ketones is 1. The molecule has 0 aliphatic carbocycles. The van der Waals surface area contributed by atoms with Gasteiger partial charge in [-0.3, -0.25) is 14.8 Å². The van der Waals surface area contributed by atoms with E-state index in [1.807, 2.05) is 65.8 Å². The van der Waals surface area contributed by atoms with Crippen LogP contribution >= 0.6 is 0 Å². The van der Waals surface area contributed by atoms with Gasteiger partial charge in [0.1, 0.15) is 22.9 Å². The Morgan fingerprint density at radius 1 is 0.583 bits per heavy atom. The molecule has 2 aromatic heterocycles. The fraction of sp³-hybridized carbons (Fsp3) is 0.324. The molecule has 0 amide bonds. The number of aromatic nitrogens is 2. The molecule has 4 aromatic rings. The lowest BCUT2D eigenvalue weighted by Crippen LogP contribution is -2.22. The van der Waals surface area contributed by atoms with Crippen LogP contribution in [0.15, 0.2) is 60.9 Å². The van der Waals surface area contributed by atoms with Crippen molar-refractivity contribution in [1.82, 2.24) is 9.97 Å². The summed E-state index contributed by atoms with van der Waals surface area (Å²) in [5.41, 5.74) is 1.46. The molecule has 0 aliphatic heterocycles. The van der Waals surface area contributed by atoms with Gasteiger partial charge in [-0.25, -0.2) is 9.59 Å². The number of aromatic carboxylic acids is 2. The summed E-state index contributed by atoms with van der Waals surface area (Å²) in [7, 11) is 0. The molecule has 0 saturated carbocycles. The van der Waals surface area contributed by atoms with Crippen molar-refractivity contribution in [1.29, 1.82) is 0 Å². The number of anilines is 2. The van der Waals surface area contributed by atoms with Crippen LogP contribution < -0.4 is 19.3 Å². The number of carbonyl (C=O) groups excluding carboxylic acids is 1. The number of hydrogen-bond acceptors (Lipinski definition) is 9. The minimum absolute atomic E-state index is 0.203. The molecule has 0 saturated heterocycles. The number of benzene rings is 2. The predicted molar refractivity (Wildman–Crippen MR) is 186 cm³/mol. The number of nitrogens with zero attached hydrogens (tertiary/aromatic N) is 4. The number of hydrogen-bond donors (Lipinski definition) is 2. The van der Waals surface area contributed by atoms with Crippen LogP contribution in [0, 0.1) is 0 Å². The Bertz CT molecular complexity index is 1670. The van der Waals surface area contributed by atoms with Crippen LogP contribution in [-0.4, -0.2) is 77.3 Å². The molecule has 0 unspecified atom stereocenters. The number of ether oxygens (including phenoxy) is 2. The first-order chi connectivity index (χ1) is 23.1. The number of carbonyl (C=O) groups is 3. The number of pyridine rings is 2. The maximum Gasteiger partial charge on any atom is 0.338 e. The van der Waals surface area contributed by atoms with Crippen LogP contribution in [0.3, 0.4) is 0 Å². The summed E-state index contributed by atoms with van der Waals surface area (Å²) in [5.74, 6) is -2.87. The minimum atomic E-state index is -1.41. The second-order valence-electron chi connectivity index (χ2n) is 10.7. The molecule has 11 nitrogen and oxygen atoms in total. The minimum Gasteiger partial charge on any atom is -0.493 e. The maximum atomic E-state index is 14.2. The molecule has 2 heterocycles. The molecule has 0 fully saturated rings. The van der Waals surface area contributed by atoms with Crippen LogP contribution in [0.25, 0.3) is 22.3 Å². The zero-order chi connectivity index (χ0) is 35.0. The second kappa shape index (κ2) is 15.9. The summed E-state index contributed by atoms with van der Waals surface area (Å²) in [6.07, 6.45) is 2.65. The van der Waals surface area contributed by atoms with Crippen LogP contribution in [0.5, 0.6) is 11.5 Å². The second-order valence-corrected chi connectivity index (χ2v) is 10.7. The molecule has 4 rings (SSSR count). The van der Waals surface area contributed by atoms with Gasteiger partial charge in [0, 0.05) is 84.3 Å². The molecule has 0 atom stereocenters. The molecule has 48 heavy (non-hydrogen) atoms. The van der Waals surface area contributed by atoms with Crippen LogP contribution in [0.4, 0.5) is 11.4 Å². The van der Waals surface area contributed by atoms with Gasteiger partial charge in [0.05, 0.1) is 24.3 Å². The molecule has 0 aliphatic rings. The zero-order valence-corrected chi connectivity index (χ0v) is 28.2. The van der Waals surface area contributed by atoms with Crippen molar-refractivity contribution >= 4 is 29.1 Å². The zero-order valence-electron chi connectivity index (χ0n) is 28.2. The summed E-state index contributed by atoms with van der Waals surface area (Å²) in [5, 5.41) is 20.9. The lowest BCUT2D eigenvalue weighted by Gasteiger charge is -2.23. The Hall–Kier alpha value is -5.45. The molecule has 0 bridgehead atoms. The molecular formula is C37H42N4O7. The topological polar surface area (TPSA) is 142 Å². The highest BCUT2D eigenvalue weighted by Crippen LogP contribution is 2.39. The largest absolute Gasteiger partial charge is 0.493 e. The molecule has 252 valence electrons. The fourth-order valence-electron chi connectivity index (χ4n) is 5.85. The summed E-state index contributed by atoms with van der Waals surface area (Å²) in [6, 6.07) is 13.9. The van der Waals surface area contributed by atoms with E-state index in [0.717, 1.165) is 37.6 Å². The molecule has 11 heteroatoms. The van der Waals surface area contributed by atoms with E-state index < -0.39 is 29.1 Å².